The summed E-state index contributed by atoms with van der Waals surface area (Å²) in [7, 11) is 0. The number of benzene rings is 1. The number of halogens is 6. The Balaban J connectivity index is 2.43. The van der Waals surface area contributed by atoms with Crippen LogP contribution in [0.2, 0.25) is 10.0 Å². The maximum absolute atomic E-state index is 12.5. The topological polar surface area (TPSA) is 26.3 Å². The van der Waals surface area contributed by atoms with Gasteiger partial charge in [0, 0.05) is 6.42 Å². The number of alkyl halides is 4. The molecule has 0 aliphatic heterocycles. The fourth-order valence-electron chi connectivity index (χ4n) is 1.29. The predicted octanol–water partition coefficient (Wildman–Crippen LogP) is 4.02. The van der Waals surface area contributed by atoms with Crippen LogP contribution in [0.1, 0.15) is 5.56 Å². The van der Waals surface area contributed by atoms with E-state index in [9.17, 15) is 22.4 Å². The van der Waals surface area contributed by atoms with E-state index in [-0.39, 0.29) is 11.4 Å². The SMILES string of the molecule is O=C(COCC(F)(F)C(F)F)Cc1ccc(Cl)c(Cl)c1. The molecule has 0 spiro atoms. The Kier molecular flexibility index (Phi) is 6.23. The standard InChI is InChI=1S/C12H10Cl2F4O2/c13-9-2-1-7(4-10(9)14)3-8(19)5-20-6-12(17,18)11(15)16/h1-2,4,11H,3,5-6H2. The molecule has 0 aliphatic carbocycles. The van der Waals surface area contributed by atoms with Gasteiger partial charge in [-0.2, -0.15) is 8.78 Å². The summed E-state index contributed by atoms with van der Waals surface area (Å²) < 4.78 is 53.0. The van der Waals surface area contributed by atoms with Gasteiger partial charge in [-0.05, 0) is 17.7 Å². The molecule has 0 aromatic heterocycles. The molecule has 1 aromatic carbocycles. The van der Waals surface area contributed by atoms with Crippen molar-refractivity contribution >= 4 is 29.0 Å². The molecule has 1 aromatic rings. The molecule has 0 fully saturated rings. The molecule has 0 amide bonds. The summed E-state index contributed by atoms with van der Waals surface area (Å²) in [5.74, 6) is -4.79. The maximum Gasteiger partial charge on any atom is 0.330 e. The maximum atomic E-state index is 12.5. The average Bonchev–Trinajstić information content (AvgIpc) is 2.33. The van der Waals surface area contributed by atoms with E-state index in [4.69, 9.17) is 23.2 Å². The Bertz CT molecular complexity index is 481. The highest BCUT2D eigenvalue weighted by molar-refractivity contribution is 6.42. The van der Waals surface area contributed by atoms with Gasteiger partial charge in [0.2, 0.25) is 0 Å². The first-order valence-corrected chi connectivity index (χ1v) is 6.17. The lowest BCUT2D eigenvalue weighted by Crippen LogP contribution is -2.33. The number of ketones is 1. The number of hydrogen-bond acceptors (Lipinski definition) is 2. The van der Waals surface area contributed by atoms with Crippen molar-refractivity contribution in [3.63, 3.8) is 0 Å². The van der Waals surface area contributed by atoms with E-state index in [2.05, 4.69) is 4.74 Å². The summed E-state index contributed by atoms with van der Waals surface area (Å²) in [4.78, 5) is 11.4. The van der Waals surface area contributed by atoms with E-state index < -0.39 is 31.3 Å². The first-order chi connectivity index (χ1) is 9.22. The van der Waals surface area contributed by atoms with Gasteiger partial charge in [-0.15, -0.1) is 0 Å². The highest BCUT2D eigenvalue weighted by Crippen LogP contribution is 2.24. The van der Waals surface area contributed by atoms with Gasteiger partial charge in [0.25, 0.3) is 0 Å². The van der Waals surface area contributed by atoms with E-state index in [1.54, 1.807) is 6.07 Å². The third-order valence-electron chi connectivity index (χ3n) is 2.26. The van der Waals surface area contributed by atoms with E-state index in [1.807, 2.05) is 0 Å². The van der Waals surface area contributed by atoms with Crippen LogP contribution < -0.4 is 0 Å². The summed E-state index contributed by atoms with van der Waals surface area (Å²) in [6, 6.07) is 4.48. The molecular formula is C12H10Cl2F4O2. The molecule has 0 bridgehead atoms. The van der Waals surface area contributed by atoms with Gasteiger partial charge in [0.1, 0.15) is 13.2 Å². The Labute approximate surface area is 122 Å². The lowest BCUT2D eigenvalue weighted by atomic mass is 10.1. The Morgan fingerprint density at radius 1 is 1.25 bits per heavy atom. The summed E-state index contributed by atoms with van der Waals surface area (Å²) in [5, 5.41) is 0.567. The quantitative estimate of drug-likeness (QED) is 0.705. The minimum atomic E-state index is -4.26. The van der Waals surface area contributed by atoms with Crippen LogP contribution in [0.5, 0.6) is 0 Å². The van der Waals surface area contributed by atoms with Gasteiger partial charge in [-0.3, -0.25) is 4.79 Å². The fourth-order valence-corrected chi connectivity index (χ4v) is 1.61. The number of rotatable bonds is 7. The van der Waals surface area contributed by atoms with E-state index in [0.717, 1.165) is 0 Å². The van der Waals surface area contributed by atoms with Crippen molar-refractivity contribution in [2.75, 3.05) is 13.2 Å². The largest absolute Gasteiger partial charge is 0.367 e. The van der Waals surface area contributed by atoms with E-state index in [1.165, 1.54) is 12.1 Å². The second-order valence-corrected chi connectivity index (χ2v) is 4.83. The van der Waals surface area contributed by atoms with Crippen LogP contribution in [0.4, 0.5) is 17.6 Å². The molecule has 0 radical (unpaired) electrons. The molecular weight excluding hydrogens is 323 g/mol. The third-order valence-corrected chi connectivity index (χ3v) is 3.00. The van der Waals surface area contributed by atoms with Gasteiger partial charge in [-0.25, -0.2) is 8.78 Å². The summed E-state index contributed by atoms with van der Waals surface area (Å²) in [5.41, 5.74) is 0.522. The van der Waals surface area contributed by atoms with Crippen molar-refractivity contribution in [3.05, 3.63) is 33.8 Å². The lowest BCUT2D eigenvalue weighted by Gasteiger charge is -2.14. The molecule has 112 valence electrons. The first kappa shape index (κ1) is 17.2. The highest BCUT2D eigenvalue weighted by Gasteiger charge is 2.41. The Morgan fingerprint density at radius 2 is 1.90 bits per heavy atom. The van der Waals surface area contributed by atoms with Crippen LogP contribution in [-0.4, -0.2) is 31.3 Å². The molecule has 0 N–H and O–H groups in total. The molecule has 0 saturated heterocycles. The minimum Gasteiger partial charge on any atom is -0.367 e. The average molecular weight is 333 g/mol. The number of hydrogen-bond donors (Lipinski definition) is 0. The van der Waals surface area contributed by atoms with Crippen molar-refractivity contribution in [1.29, 1.82) is 0 Å². The zero-order valence-electron chi connectivity index (χ0n) is 10.0. The lowest BCUT2D eigenvalue weighted by molar-refractivity contribution is -0.168. The van der Waals surface area contributed by atoms with Crippen LogP contribution in [0.25, 0.3) is 0 Å². The molecule has 2 nitrogen and oxygen atoms in total. The zero-order valence-corrected chi connectivity index (χ0v) is 11.5. The van der Waals surface area contributed by atoms with Crippen molar-refractivity contribution in [3.8, 4) is 0 Å². The van der Waals surface area contributed by atoms with Crippen LogP contribution in [0.15, 0.2) is 18.2 Å². The molecule has 0 atom stereocenters. The summed E-state index contributed by atoms with van der Waals surface area (Å²) >= 11 is 11.4. The van der Waals surface area contributed by atoms with Crippen LogP contribution in [-0.2, 0) is 16.0 Å². The molecule has 0 aliphatic rings. The van der Waals surface area contributed by atoms with Crippen LogP contribution in [0, 0.1) is 0 Å². The second kappa shape index (κ2) is 7.24. The summed E-state index contributed by atoms with van der Waals surface area (Å²) in [6.45, 7) is -2.18. The summed E-state index contributed by atoms with van der Waals surface area (Å²) in [6.07, 6.45) is -3.94. The van der Waals surface area contributed by atoms with Crippen molar-refractivity contribution in [1.82, 2.24) is 0 Å². The third kappa shape index (κ3) is 5.26. The Morgan fingerprint density at radius 3 is 2.45 bits per heavy atom. The highest BCUT2D eigenvalue weighted by atomic mass is 35.5. The van der Waals surface area contributed by atoms with Crippen LogP contribution in [0.3, 0.4) is 0 Å². The fraction of sp³-hybridized carbons (Fsp3) is 0.417. The second-order valence-electron chi connectivity index (χ2n) is 4.02. The van der Waals surface area contributed by atoms with E-state index >= 15 is 0 Å². The molecule has 1 rings (SSSR count). The van der Waals surface area contributed by atoms with Gasteiger partial charge >= 0.3 is 12.3 Å². The molecule has 8 heteroatoms. The molecule has 0 saturated carbocycles. The number of ether oxygens (including phenoxy) is 1. The van der Waals surface area contributed by atoms with Crippen molar-refractivity contribution in [2.45, 2.75) is 18.8 Å². The zero-order chi connectivity index (χ0) is 15.3. The number of carbonyl (C=O) groups excluding carboxylic acids is 1. The smallest absolute Gasteiger partial charge is 0.330 e. The molecule has 20 heavy (non-hydrogen) atoms. The van der Waals surface area contributed by atoms with E-state index in [0.29, 0.717) is 10.6 Å². The predicted molar refractivity (Wildman–Crippen MR) is 66.9 cm³/mol. The molecule has 0 unspecified atom stereocenters. The van der Waals surface area contributed by atoms with Gasteiger partial charge in [-0.1, -0.05) is 29.3 Å². The first-order valence-electron chi connectivity index (χ1n) is 5.41. The van der Waals surface area contributed by atoms with Gasteiger partial charge in [0.05, 0.1) is 10.0 Å². The molecule has 0 heterocycles. The number of Topliss-reactive ketones (excluding diaryl/α,β-unsaturated/α-hetero) is 1. The monoisotopic (exact) mass is 332 g/mol. The van der Waals surface area contributed by atoms with Crippen molar-refractivity contribution < 1.29 is 27.1 Å². The minimum absolute atomic E-state index is 0.114. The van der Waals surface area contributed by atoms with Gasteiger partial charge in [0.15, 0.2) is 5.78 Å². The van der Waals surface area contributed by atoms with Gasteiger partial charge < -0.3 is 4.74 Å². The van der Waals surface area contributed by atoms with Crippen molar-refractivity contribution in [2.24, 2.45) is 0 Å². The Hall–Kier alpha value is -0.850. The van der Waals surface area contributed by atoms with Crippen LogP contribution >= 0.6 is 23.2 Å². The number of carbonyl (C=O) groups is 1. The normalized spacial score (nSPS) is 11.9.